The number of nitrogen functional groups attached to an aromatic ring is 1. The van der Waals surface area contributed by atoms with Crippen LogP contribution >= 0.6 is 0 Å². The predicted molar refractivity (Wildman–Crippen MR) is 80.0 cm³/mol. The minimum Gasteiger partial charge on any atom is -0.384 e. The van der Waals surface area contributed by atoms with Crippen molar-refractivity contribution in [1.82, 2.24) is 9.55 Å². The number of aryl methyl sites for hydroxylation is 1. The molecule has 1 aromatic rings. The van der Waals surface area contributed by atoms with Crippen LogP contribution in [0.25, 0.3) is 0 Å². The molecule has 4 aliphatic rings. The molecule has 4 fully saturated rings. The zero-order valence-electron chi connectivity index (χ0n) is 12.2. The van der Waals surface area contributed by atoms with Crippen LogP contribution in [0.1, 0.15) is 49.5 Å². The number of nitrogens with two attached hydrogens (primary N) is 1. The third-order valence-corrected chi connectivity index (χ3v) is 5.99. The first-order valence-corrected chi connectivity index (χ1v) is 7.93. The van der Waals surface area contributed by atoms with Crippen molar-refractivity contribution >= 4 is 5.82 Å². The summed E-state index contributed by atoms with van der Waals surface area (Å²) in [5.74, 6) is 8.93. The molecule has 0 aromatic carbocycles. The van der Waals surface area contributed by atoms with Gasteiger partial charge in [-0.25, -0.2) is 4.98 Å². The molecule has 4 aliphatic carbocycles. The van der Waals surface area contributed by atoms with E-state index >= 15 is 0 Å². The van der Waals surface area contributed by atoms with Crippen molar-refractivity contribution in [3.8, 4) is 12.3 Å². The fraction of sp³-hybridized carbons (Fsp3) is 0.706. The summed E-state index contributed by atoms with van der Waals surface area (Å²) in [6.45, 7) is 2.56. The van der Waals surface area contributed by atoms with Gasteiger partial charge in [0, 0.05) is 5.92 Å². The van der Waals surface area contributed by atoms with E-state index in [1.54, 1.807) is 0 Å². The number of aromatic nitrogens is 2. The van der Waals surface area contributed by atoms with Crippen LogP contribution in [0, 0.1) is 42.9 Å². The summed E-state index contributed by atoms with van der Waals surface area (Å²) in [7, 11) is 0. The number of nitrogens with zero attached hydrogens (tertiary/aromatic N) is 2. The SMILES string of the molecule is C#CCn1c(C2C3CC4CC(C3)CC2C4)nc(C)c1N. The Kier molecular flexibility index (Phi) is 2.64. The average molecular weight is 269 g/mol. The van der Waals surface area contributed by atoms with E-state index in [-0.39, 0.29) is 0 Å². The van der Waals surface area contributed by atoms with Crippen molar-refractivity contribution in [3.05, 3.63) is 11.5 Å². The monoisotopic (exact) mass is 269 g/mol. The lowest BCUT2D eigenvalue weighted by Crippen LogP contribution is -2.44. The van der Waals surface area contributed by atoms with Gasteiger partial charge in [-0.05, 0) is 62.7 Å². The Hall–Kier alpha value is -1.43. The minimum atomic E-state index is 0.560. The topological polar surface area (TPSA) is 43.8 Å². The molecule has 0 amide bonds. The second kappa shape index (κ2) is 4.28. The van der Waals surface area contributed by atoms with Gasteiger partial charge in [0.1, 0.15) is 11.6 Å². The summed E-state index contributed by atoms with van der Waals surface area (Å²) in [5.41, 5.74) is 7.14. The van der Waals surface area contributed by atoms with E-state index in [0.717, 1.165) is 35.2 Å². The molecule has 0 saturated heterocycles. The smallest absolute Gasteiger partial charge is 0.127 e. The number of rotatable bonds is 2. The van der Waals surface area contributed by atoms with Crippen LogP contribution in [-0.2, 0) is 6.54 Å². The van der Waals surface area contributed by atoms with Gasteiger partial charge in [-0.3, -0.25) is 0 Å². The van der Waals surface area contributed by atoms with Gasteiger partial charge in [0.15, 0.2) is 0 Å². The summed E-state index contributed by atoms with van der Waals surface area (Å²) in [6.07, 6.45) is 12.6. The van der Waals surface area contributed by atoms with Crippen LogP contribution in [0.3, 0.4) is 0 Å². The molecule has 20 heavy (non-hydrogen) atoms. The quantitative estimate of drug-likeness (QED) is 0.839. The van der Waals surface area contributed by atoms with E-state index < -0.39 is 0 Å². The van der Waals surface area contributed by atoms with Crippen molar-refractivity contribution in [2.45, 2.75) is 51.5 Å². The van der Waals surface area contributed by atoms with Gasteiger partial charge in [0.2, 0.25) is 0 Å². The molecule has 3 heteroatoms. The zero-order valence-corrected chi connectivity index (χ0v) is 12.2. The van der Waals surface area contributed by atoms with Crippen molar-refractivity contribution in [2.75, 3.05) is 5.73 Å². The van der Waals surface area contributed by atoms with Gasteiger partial charge in [-0.15, -0.1) is 6.42 Å². The number of hydrogen-bond donors (Lipinski definition) is 1. The first-order valence-electron chi connectivity index (χ1n) is 7.93. The van der Waals surface area contributed by atoms with Crippen molar-refractivity contribution in [3.63, 3.8) is 0 Å². The van der Waals surface area contributed by atoms with Gasteiger partial charge in [0.25, 0.3) is 0 Å². The number of imidazole rings is 1. The maximum Gasteiger partial charge on any atom is 0.127 e. The third-order valence-electron chi connectivity index (χ3n) is 5.99. The van der Waals surface area contributed by atoms with E-state index in [9.17, 15) is 0 Å². The Morgan fingerprint density at radius 2 is 1.80 bits per heavy atom. The molecule has 106 valence electrons. The van der Waals surface area contributed by atoms with Crippen molar-refractivity contribution in [1.29, 1.82) is 0 Å². The first-order chi connectivity index (χ1) is 9.67. The zero-order chi connectivity index (χ0) is 13.9. The molecule has 0 atom stereocenters. The lowest BCUT2D eigenvalue weighted by Gasteiger charge is -2.54. The van der Waals surface area contributed by atoms with Crippen LogP contribution in [0.5, 0.6) is 0 Å². The Bertz CT molecular complexity index is 550. The minimum absolute atomic E-state index is 0.560. The molecule has 1 heterocycles. The molecule has 0 unspecified atom stereocenters. The second-order valence-electron chi connectivity index (χ2n) is 7.19. The molecule has 0 radical (unpaired) electrons. The molecular formula is C17H23N3. The van der Waals surface area contributed by atoms with E-state index in [1.807, 2.05) is 6.92 Å². The van der Waals surface area contributed by atoms with Gasteiger partial charge >= 0.3 is 0 Å². The largest absolute Gasteiger partial charge is 0.384 e. The van der Waals surface area contributed by atoms with Crippen LogP contribution in [0.2, 0.25) is 0 Å². The fourth-order valence-corrected chi connectivity index (χ4v) is 5.47. The van der Waals surface area contributed by atoms with Crippen LogP contribution in [0.15, 0.2) is 0 Å². The number of hydrogen-bond acceptors (Lipinski definition) is 2. The van der Waals surface area contributed by atoms with Crippen LogP contribution in [-0.4, -0.2) is 9.55 Å². The van der Waals surface area contributed by atoms with E-state index in [4.69, 9.17) is 17.1 Å². The highest BCUT2D eigenvalue weighted by molar-refractivity contribution is 5.39. The lowest BCUT2D eigenvalue weighted by molar-refractivity contribution is -0.00655. The van der Waals surface area contributed by atoms with E-state index in [0.29, 0.717) is 12.5 Å². The molecule has 3 nitrogen and oxygen atoms in total. The summed E-state index contributed by atoms with van der Waals surface area (Å²) < 4.78 is 2.10. The van der Waals surface area contributed by atoms with Gasteiger partial charge in [0.05, 0.1) is 12.2 Å². The predicted octanol–water partition coefficient (Wildman–Crippen LogP) is 2.95. The second-order valence-corrected chi connectivity index (χ2v) is 7.19. The van der Waals surface area contributed by atoms with E-state index in [2.05, 4.69) is 10.5 Å². The Labute approximate surface area is 121 Å². The van der Waals surface area contributed by atoms with Crippen molar-refractivity contribution in [2.24, 2.45) is 23.7 Å². The summed E-state index contributed by atoms with van der Waals surface area (Å²) in [5, 5.41) is 0. The van der Waals surface area contributed by atoms with Gasteiger partial charge < -0.3 is 10.3 Å². The molecule has 4 saturated carbocycles. The Morgan fingerprint density at radius 3 is 2.35 bits per heavy atom. The maximum atomic E-state index is 6.19. The third kappa shape index (κ3) is 1.63. The molecule has 1 aromatic heterocycles. The molecule has 2 N–H and O–H groups in total. The van der Waals surface area contributed by atoms with Crippen molar-refractivity contribution < 1.29 is 0 Å². The molecular weight excluding hydrogens is 246 g/mol. The summed E-state index contributed by atoms with van der Waals surface area (Å²) in [6, 6.07) is 0. The Morgan fingerprint density at radius 1 is 1.20 bits per heavy atom. The highest BCUT2D eigenvalue weighted by Gasteiger charge is 2.50. The first kappa shape index (κ1) is 12.3. The normalized spacial score (nSPS) is 38.1. The average Bonchev–Trinajstić information content (AvgIpc) is 2.66. The van der Waals surface area contributed by atoms with E-state index in [1.165, 1.54) is 37.9 Å². The number of anilines is 1. The number of terminal acetylenes is 1. The summed E-state index contributed by atoms with van der Waals surface area (Å²) in [4.78, 5) is 4.82. The lowest BCUT2D eigenvalue weighted by atomic mass is 9.51. The molecule has 5 rings (SSSR count). The standard InChI is InChI=1S/C17H23N3/c1-3-4-20-16(18)10(2)19-17(20)15-13-6-11-5-12(8-13)9-14(15)7-11/h1,11-15H,4-9,18H2,2H3. The summed E-state index contributed by atoms with van der Waals surface area (Å²) >= 11 is 0. The van der Waals surface area contributed by atoms with Gasteiger partial charge in [-0.2, -0.15) is 0 Å². The molecule has 0 aliphatic heterocycles. The maximum absolute atomic E-state index is 6.19. The highest BCUT2D eigenvalue weighted by Crippen LogP contribution is 2.59. The Balaban J connectivity index is 1.74. The molecule has 0 spiro atoms. The van der Waals surface area contributed by atoms with Crippen LogP contribution in [0.4, 0.5) is 5.82 Å². The molecule has 4 bridgehead atoms. The van der Waals surface area contributed by atoms with Crippen LogP contribution < -0.4 is 5.73 Å². The van der Waals surface area contributed by atoms with Gasteiger partial charge in [-0.1, -0.05) is 5.92 Å². The highest BCUT2D eigenvalue weighted by atomic mass is 15.1. The fourth-order valence-electron chi connectivity index (χ4n) is 5.47.